The number of hydrogen-bond acceptors (Lipinski definition) is 3. The molecule has 1 heterocycles. The topological polar surface area (TPSA) is 46.2 Å². The molecule has 98 valence electrons. The van der Waals surface area contributed by atoms with Gasteiger partial charge >= 0.3 is 0 Å². The van der Waals surface area contributed by atoms with Crippen molar-refractivity contribution in [1.29, 1.82) is 0 Å². The van der Waals surface area contributed by atoms with E-state index in [4.69, 9.17) is 17.0 Å². The largest absolute Gasteiger partial charge is 0.481 e. The van der Waals surface area contributed by atoms with E-state index in [1.165, 1.54) is 0 Å². The number of ether oxygens (including phenoxy) is 1. The van der Waals surface area contributed by atoms with Gasteiger partial charge in [0.15, 0.2) is 5.11 Å². The summed E-state index contributed by atoms with van der Waals surface area (Å²) in [5.74, 6) is 0.598. The fourth-order valence-electron chi connectivity index (χ4n) is 1.55. The van der Waals surface area contributed by atoms with E-state index in [9.17, 15) is 0 Å². The van der Waals surface area contributed by atoms with Crippen LogP contribution in [0.1, 0.15) is 5.56 Å². The summed E-state index contributed by atoms with van der Waals surface area (Å²) in [4.78, 5) is 4.05. The van der Waals surface area contributed by atoms with Crippen LogP contribution in [-0.4, -0.2) is 17.2 Å². The van der Waals surface area contributed by atoms with E-state index in [0.717, 1.165) is 11.3 Å². The lowest BCUT2D eigenvalue weighted by Gasteiger charge is -2.10. The third kappa shape index (κ3) is 4.22. The van der Waals surface area contributed by atoms with Gasteiger partial charge < -0.3 is 15.4 Å². The van der Waals surface area contributed by atoms with Crippen molar-refractivity contribution in [2.45, 2.75) is 6.54 Å². The van der Waals surface area contributed by atoms with E-state index in [2.05, 4.69) is 15.6 Å². The van der Waals surface area contributed by atoms with Gasteiger partial charge in [-0.3, -0.25) is 0 Å². The number of nitrogens with one attached hydrogen (secondary N) is 2. The van der Waals surface area contributed by atoms with Gasteiger partial charge in [-0.05, 0) is 36.0 Å². The molecule has 0 bridgehead atoms. The quantitative estimate of drug-likeness (QED) is 0.838. The van der Waals surface area contributed by atoms with E-state index < -0.39 is 0 Å². The molecule has 0 aliphatic carbocycles. The van der Waals surface area contributed by atoms with Gasteiger partial charge in [-0.1, -0.05) is 18.2 Å². The molecular weight excluding hydrogens is 258 g/mol. The number of rotatable bonds is 4. The molecule has 0 fully saturated rings. The van der Waals surface area contributed by atoms with Gasteiger partial charge in [0.25, 0.3) is 0 Å². The molecule has 5 heteroatoms. The summed E-state index contributed by atoms with van der Waals surface area (Å²) in [7, 11) is 1.60. The minimum Gasteiger partial charge on any atom is -0.481 e. The van der Waals surface area contributed by atoms with Crippen LogP contribution < -0.4 is 15.4 Å². The van der Waals surface area contributed by atoms with Crippen LogP contribution in [0.5, 0.6) is 5.88 Å². The second kappa shape index (κ2) is 6.70. The minimum absolute atomic E-state index is 0.585. The summed E-state index contributed by atoms with van der Waals surface area (Å²) in [6.45, 7) is 0.623. The standard InChI is InChI=1S/C14H15N3OS/c1-18-13-9-11(7-8-15-13)10-16-14(19)17-12-5-3-2-4-6-12/h2-9H,10H2,1H3,(H2,16,17,19). The summed E-state index contributed by atoms with van der Waals surface area (Å²) in [5.41, 5.74) is 2.02. The monoisotopic (exact) mass is 273 g/mol. The van der Waals surface area contributed by atoms with E-state index in [1.54, 1.807) is 13.3 Å². The SMILES string of the molecule is COc1cc(CNC(=S)Nc2ccccc2)ccn1. The van der Waals surface area contributed by atoms with Gasteiger partial charge in [0.1, 0.15) is 0 Å². The molecule has 0 saturated heterocycles. The maximum Gasteiger partial charge on any atom is 0.213 e. The minimum atomic E-state index is 0.585. The Hall–Kier alpha value is -2.14. The molecule has 0 aliphatic rings. The average Bonchev–Trinajstić information content (AvgIpc) is 2.46. The summed E-state index contributed by atoms with van der Waals surface area (Å²) < 4.78 is 5.07. The van der Waals surface area contributed by atoms with Gasteiger partial charge in [-0.15, -0.1) is 0 Å². The molecule has 2 rings (SSSR count). The Morgan fingerprint density at radius 3 is 2.79 bits per heavy atom. The van der Waals surface area contributed by atoms with Gasteiger partial charge in [0.2, 0.25) is 5.88 Å². The molecule has 0 saturated carbocycles. The predicted octanol–water partition coefficient (Wildman–Crippen LogP) is 2.58. The zero-order valence-electron chi connectivity index (χ0n) is 10.6. The van der Waals surface area contributed by atoms with Gasteiger partial charge in [-0.2, -0.15) is 0 Å². The summed E-state index contributed by atoms with van der Waals surface area (Å²) >= 11 is 5.23. The number of nitrogens with zero attached hydrogens (tertiary/aromatic N) is 1. The first-order chi connectivity index (χ1) is 9.28. The third-order valence-electron chi connectivity index (χ3n) is 2.49. The van der Waals surface area contributed by atoms with Crippen molar-refractivity contribution in [3.8, 4) is 5.88 Å². The molecule has 0 aliphatic heterocycles. The van der Waals surface area contributed by atoms with Crippen LogP contribution >= 0.6 is 12.2 Å². The predicted molar refractivity (Wildman–Crippen MR) is 80.3 cm³/mol. The molecule has 19 heavy (non-hydrogen) atoms. The molecule has 0 atom stereocenters. The summed E-state index contributed by atoms with van der Waals surface area (Å²) in [6, 6.07) is 13.6. The number of pyridine rings is 1. The highest BCUT2D eigenvalue weighted by Gasteiger charge is 1.99. The van der Waals surface area contributed by atoms with Crippen molar-refractivity contribution in [3.05, 3.63) is 54.2 Å². The highest BCUT2D eigenvalue weighted by molar-refractivity contribution is 7.80. The molecule has 0 amide bonds. The smallest absolute Gasteiger partial charge is 0.213 e. The second-order valence-corrected chi connectivity index (χ2v) is 4.29. The molecule has 4 nitrogen and oxygen atoms in total. The molecule has 1 aromatic carbocycles. The van der Waals surface area contributed by atoms with Crippen LogP contribution in [0.2, 0.25) is 0 Å². The first-order valence-electron chi connectivity index (χ1n) is 5.87. The fraction of sp³-hybridized carbons (Fsp3) is 0.143. The normalized spacial score (nSPS) is 9.74. The van der Waals surface area contributed by atoms with E-state index in [0.29, 0.717) is 17.5 Å². The number of thiocarbonyl (C=S) groups is 1. The molecular formula is C14H15N3OS. The van der Waals surface area contributed by atoms with Gasteiger partial charge in [0.05, 0.1) is 7.11 Å². The molecule has 0 spiro atoms. The second-order valence-electron chi connectivity index (χ2n) is 3.88. The summed E-state index contributed by atoms with van der Waals surface area (Å²) in [6.07, 6.45) is 1.71. The fourth-order valence-corrected chi connectivity index (χ4v) is 1.74. The maximum absolute atomic E-state index is 5.23. The first-order valence-corrected chi connectivity index (χ1v) is 6.27. The number of anilines is 1. The molecule has 0 unspecified atom stereocenters. The Morgan fingerprint density at radius 2 is 2.05 bits per heavy atom. The van der Waals surface area contributed by atoms with E-state index >= 15 is 0 Å². The molecule has 2 aromatic rings. The highest BCUT2D eigenvalue weighted by Crippen LogP contribution is 2.08. The van der Waals surface area contributed by atoms with Gasteiger partial charge in [0, 0.05) is 24.5 Å². The Bertz CT molecular complexity index is 545. The average molecular weight is 273 g/mol. The van der Waals surface area contributed by atoms with E-state index in [1.807, 2.05) is 42.5 Å². The number of benzene rings is 1. The van der Waals surface area contributed by atoms with Crippen molar-refractivity contribution >= 4 is 23.0 Å². The number of aromatic nitrogens is 1. The number of para-hydroxylation sites is 1. The number of methoxy groups -OCH3 is 1. The lowest BCUT2D eigenvalue weighted by molar-refractivity contribution is 0.397. The van der Waals surface area contributed by atoms with Crippen LogP contribution in [0.25, 0.3) is 0 Å². The molecule has 2 N–H and O–H groups in total. The zero-order chi connectivity index (χ0) is 13.5. The van der Waals surface area contributed by atoms with Crippen LogP contribution in [-0.2, 0) is 6.54 Å². The third-order valence-corrected chi connectivity index (χ3v) is 2.74. The van der Waals surface area contributed by atoms with Crippen molar-refractivity contribution in [2.24, 2.45) is 0 Å². The molecule has 1 aromatic heterocycles. The summed E-state index contributed by atoms with van der Waals surface area (Å²) in [5, 5.41) is 6.84. The number of hydrogen-bond donors (Lipinski definition) is 2. The maximum atomic E-state index is 5.23. The molecule has 0 radical (unpaired) electrons. The van der Waals surface area contributed by atoms with Crippen LogP contribution in [0.15, 0.2) is 48.7 Å². The lowest BCUT2D eigenvalue weighted by Crippen LogP contribution is -2.27. The van der Waals surface area contributed by atoms with Gasteiger partial charge in [-0.25, -0.2) is 4.98 Å². The van der Waals surface area contributed by atoms with E-state index in [-0.39, 0.29) is 0 Å². The van der Waals surface area contributed by atoms with Crippen molar-refractivity contribution in [1.82, 2.24) is 10.3 Å². The lowest BCUT2D eigenvalue weighted by atomic mass is 10.2. The van der Waals surface area contributed by atoms with Crippen LogP contribution in [0, 0.1) is 0 Å². The van der Waals surface area contributed by atoms with Crippen molar-refractivity contribution < 1.29 is 4.74 Å². The Labute approximate surface area is 117 Å². The zero-order valence-corrected chi connectivity index (χ0v) is 11.4. The Kier molecular flexibility index (Phi) is 4.69. The highest BCUT2D eigenvalue weighted by atomic mass is 32.1. The van der Waals surface area contributed by atoms with Crippen LogP contribution in [0.4, 0.5) is 5.69 Å². The van der Waals surface area contributed by atoms with Crippen LogP contribution in [0.3, 0.4) is 0 Å². The van der Waals surface area contributed by atoms with Crippen molar-refractivity contribution in [2.75, 3.05) is 12.4 Å². The van der Waals surface area contributed by atoms with Crippen molar-refractivity contribution in [3.63, 3.8) is 0 Å². The first kappa shape index (κ1) is 13.3. The Balaban J connectivity index is 1.86. The Morgan fingerprint density at radius 1 is 1.26 bits per heavy atom.